The third kappa shape index (κ3) is 3.65. The fourth-order valence-electron chi connectivity index (χ4n) is 3.71. The van der Waals surface area contributed by atoms with Crippen LogP contribution in [0.15, 0.2) is 40.8 Å². The molecule has 0 radical (unpaired) electrons. The lowest BCUT2D eigenvalue weighted by Gasteiger charge is -2.13. The van der Waals surface area contributed by atoms with Crippen molar-refractivity contribution < 1.29 is 9.53 Å². The van der Waals surface area contributed by atoms with Crippen LogP contribution >= 0.6 is 23.1 Å². The molecule has 2 aromatic heterocycles. The number of carbonyl (C=O) groups excluding carboxylic acids is 1. The van der Waals surface area contributed by atoms with Crippen LogP contribution < -0.4 is 10.3 Å². The Morgan fingerprint density at radius 2 is 2.24 bits per heavy atom. The van der Waals surface area contributed by atoms with Crippen molar-refractivity contribution in [2.24, 2.45) is 0 Å². The number of hydrogen-bond donors (Lipinski definition) is 0. The predicted molar refractivity (Wildman–Crippen MR) is 119 cm³/mol. The first kappa shape index (κ1) is 19.9. The minimum atomic E-state index is 0.00937. The number of allylic oxidation sites excluding steroid dienone is 1. The summed E-state index contributed by atoms with van der Waals surface area (Å²) in [6, 6.07) is 5.42. The molecule has 0 atom stereocenters. The minimum absolute atomic E-state index is 0.00937. The van der Waals surface area contributed by atoms with Gasteiger partial charge < -0.3 is 4.74 Å². The van der Waals surface area contributed by atoms with Gasteiger partial charge in [-0.2, -0.15) is 0 Å². The van der Waals surface area contributed by atoms with E-state index in [1.54, 1.807) is 42.1 Å². The number of aromatic nitrogens is 2. The first-order valence-corrected chi connectivity index (χ1v) is 11.3. The highest BCUT2D eigenvalue weighted by molar-refractivity contribution is 7.98. The van der Waals surface area contributed by atoms with Gasteiger partial charge in [-0.1, -0.05) is 17.8 Å². The number of hydrogen-bond acceptors (Lipinski definition) is 6. The van der Waals surface area contributed by atoms with Gasteiger partial charge in [0.05, 0.1) is 12.5 Å². The van der Waals surface area contributed by atoms with E-state index in [0.717, 1.165) is 40.8 Å². The molecule has 0 amide bonds. The molecule has 2 heterocycles. The number of carbonyl (C=O) groups is 1. The second kappa shape index (κ2) is 8.16. The number of thiophene rings is 1. The van der Waals surface area contributed by atoms with Gasteiger partial charge in [0.25, 0.3) is 5.56 Å². The molecule has 3 aromatic rings. The molecule has 0 bridgehead atoms. The molecule has 5 nitrogen and oxygen atoms in total. The van der Waals surface area contributed by atoms with E-state index in [4.69, 9.17) is 9.72 Å². The maximum absolute atomic E-state index is 13.2. The number of ether oxygens (including phenoxy) is 1. The van der Waals surface area contributed by atoms with Crippen molar-refractivity contribution in [2.75, 3.05) is 7.11 Å². The number of Topliss-reactive ketones (excluding diaryl/α,β-unsaturated/α-hetero) is 1. The molecule has 150 valence electrons. The van der Waals surface area contributed by atoms with Gasteiger partial charge in [0.15, 0.2) is 10.9 Å². The number of ketones is 1. The second-order valence-electron chi connectivity index (χ2n) is 7.01. The number of benzene rings is 1. The Balaban J connectivity index is 1.74. The fraction of sp³-hybridized carbons (Fsp3) is 0.318. The van der Waals surface area contributed by atoms with E-state index in [0.29, 0.717) is 23.0 Å². The van der Waals surface area contributed by atoms with E-state index >= 15 is 0 Å². The van der Waals surface area contributed by atoms with E-state index in [2.05, 4.69) is 6.58 Å². The van der Waals surface area contributed by atoms with Gasteiger partial charge in [0.1, 0.15) is 10.6 Å². The van der Waals surface area contributed by atoms with Crippen molar-refractivity contribution in [1.82, 2.24) is 9.55 Å². The van der Waals surface area contributed by atoms with Gasteiger partial charge >= 0.3 is 0 Å². The topological polar surface area (TPSA) is 61.2 Å². The lowest BCUT2D eigenvalue weighted by molar-refractivity contribution is 0.101. The number of rotatable bonds is 7. The first-order chi connectivity index (χ1) is 14.0. The summed E-state index contributed by atoms with van der Waals surface area (Å²) in [4.78, 5) is 32.0. The van der Waals surface area contributed by atoms with Gasteiger partial charge in [0, 0.05) is 28.3 Å². The molecule has 0 unspecified atom stereocenters. The molecule has 0 aliphatic heterocycles. The monoisotopic (exact) mass is 426 g/mol. The van der Waals surface area contributed by atoms with Crippen LogP contribution in [0.25, 0.3) is 10.2 Å². The number of nitrogens with zero attached hydrogens (tertiary/aromatic N) is 2. The summed E-state index contributed by atoms with van der Waals surface area (Å²) in [5, 5.41) is 1.45. The standard InChI is InChI=1S/C22H22N2O3S2/c1-4-10-24-21(26)19-16-6-5-7-18(16)29-20(19)23-22(24)28-12-15-11-14(13(2)25)8-9-17(15)27-3/h4,8-9,11H,1,5-7,10,12H2,2-3H3. The Morgan fingerprint density at radius 1 is 1.41 bits per heavy atom. The lowest BCUT2D eigenvalue weighted by Crippen LogP contribution is -2.22. The zero-order valence-electron chi connectivity index (χ0n) is 16.5. The van der Waals surface area contributed by atoms with Crippen LogP contribution in [0, 0.1) is 0 Å². The molecule has 0 saturated heterocycles. The van der Waals surface area contributed by atoms with Gasteiger partial charge in [-0.05, 0) is 49.9 Å². The van der Waals surface area contributed by atoms with Crippen molar-refractivity contribution in [3.8, 4) is 5.75 Å². The minimum Gasteiger partial charge on any atom is -0.496 e. The highest BCUT2D eigenvalue weighted by Crippen LogP contribution is 2.36. The molecule has 1 aromatic carbocycles. The van der Waals surface area contributed by atoms with E-state index in [-0.39, 0.29) is 11.3 Å². The average molecular weight is 427 g/mol. The summed E-state index contributed by atoms with van der Waals surface area (Å²) in [7, 11) is 1.61. The maximum Gasteiger partial charge on any atom is 0.263 e. The number of methoxy groups -OCH3 is 1. The molecule has 0 spiro atoms. The normalized spacial score (nSPS) is 12.9. The lowest BCUT2D eigenvalue weighted by atomic mass is 10.1. The van der Waals surface area contributed by atoms with Gasteiger partial charge in [-0.3, -0.25) is 14.2 Å². The van der Waals surface area contributed by atoms with Crippen LogP contribution in [-0.4, -0.2) is 22.4 Å². The smallest absolute Gasteiger partial charge is 0.263 e. The maximum atomic E-state index is 13.2. The van der Waals surface area contributed by atoms with Crippen LogP contribution in [-0.2, 0) is 25.1 Å². The zero-order chi connectivity index (χ0) is 20.5. The Morgan fingerprint density at radius 3 is 2.97 bits per heavy atom. The quantitative estimate of drug-likeness (QED) is 0.238. The summed E-state index contributed by atoms with van der Waals surface area (Å²) in [5.74, 6) is 1.27. The SMILES string of the molecule is C=CCn1c(SCc2cc(C(C)=O)ccc2OC)nc2sc3c(c2c1=O)CCC3. The molecule has 1 aliphatic rings. The van der Waals surface area contributed by atoms with Crippen LogP contribution in [0.5, 0.6) is 5.75 Å². The number of aryl methyl sites for hydroxylation is 2. The fourth-order valence-corrected chi connectivity index (χ4v) is 6.00. The predicted octanol–water partition coefficient (Wildman–Crippen LogP) is 4.64. The van der Waals surface area contributed by atoms with Crippen LogP contribution in [0.3, 0.4) is 0 Å². The molecule has 29 heavy (non-hydrogen) atoms. The second-order valence-corrected chi connectivity index (χ2v) is 9.03. The van der Waals surface area contributed by atoms with Gasteiger partial charge in [-0.25, -0.2) is 4.98 Å². The van der Waals surface area contributed by atoms with Gasteiger partial charge in [-0.15, -0.1) is 17.9 Å². The largest absolute Gasteiger partial charge is 0.496 e. The molecule has 0 N–H and O–H groups in total. The zero-order valence-corrected chi connectivity index (χ0v) is 18.1. The van der Waals surface area contributed by atoms with Crippen molar-refractivity contribution in [3.05, 3.63) is 62.8 Å². The number of thioether (sulfide) groups is 1. The molecular formula is C22H22N2O3S2. The highest BCUT2D eigenvalue weighted by Gasteiger charge is 2.23. The van der Waals surface area contributed by atoms with E-state index in [1.165, 1.54) is 22.2 Å². The molecule has 7 heteroatoms. The summed E-state index contributed by atoms with van der Waals surface area (Å²) < 4.78 is 7.15. The molecule has 0 fully saturated rings. The Bertz CT molecular complexity index is 1180. The van der Waals surface area contributed by atoms with Crippen LogP contribution in [0.4, 0.5) is 0 Å². The van der Waals surface area contributed by atoms with Gasteiger partial charge in [0.2, 0.25) is 0 Å². The van der Waals surface area contributed by atoms with Crippen molar-refractivity contribution >= 4 is 39.1 Å². The Hall–Kier alpha value is -2.38. The third-order valence-corrected chi connectivity index (χ3v) is 7.36. The molecule has 4 rings (SSSR count). The molecule has 1 aliphatic carbocycles. The Labute approximate surface area is 177 Å². The van der Waals surface area contributed by atoms with E-state index < -0.39 is 0 Å². The molecular weight excluding hydrogens is 404 g/mol. The summed E-state index contributed by atoms with van der Waals surface area (Å²) >= 11 is 3.12. The summed E-state index contributed by atoms with van der Waals surface area (Å²) in [6.45, 7) is 5.77. The van der Waals surface area contributed by atoms with E-state index in [9.17, 15) is 9.59 Å². The van der Waals surface area contributed by atoms with Crippen molar-refractivity contribution in [3.63, 3.8) is 0 Å². The van der Waals surface area contributed by atoms with Crippen LogP contribution in [0.1, 0.15) is 39.7 Å². The van der Waals surface area contributed by atoms with Crippen molar-refractivity contribution in [1.29, 1.82) is 0 Å². The molecule has 0 saturated carbocycles. The number of fused-ring (bicyclic) bond motifs is 3. The summed E-state index contributed by atoms with van der Waals surface area (Å²) in [6.07, 6.45) is 4.83. The van der Waals surface area contributed by atoms with E-state index in [1.807, 2.05) is 12.1 Å². The Kier molecular flexibility index (Phi) is 5.61. The first-order valence-electron chi connectivity index (χ1n) is 9.50. The highest BCUT2D eigenvalue weighted by atomic mass is 32.2. The third-order valence-electron chi connectivity index (χ3n) is 5.15. The van der Waals surface area contributed by atoms with Crippen LogP contribution in [0.2, 0.25) is 0 Å². The average Bonchev–Trinajstić information content (AvgIpc) is 3.29. The van der Waals surface area contributed by atoms with Crippen molar-refractivity contribution in [2.45, 2.75) is 43.6 Å². The summed E-state index contributed by atoms with van der Waals surface area (Å²) in [5.41, 5.74) is 2.75.